The van der Waals surface area contributed by atoms with Gasteiger partial charge < -0.3 is 9.90 Å². The van der Waals surface area contributed by atoms with Crippen LogP contribution in [0.15, 0.2) is 42.5 Å². The Morgan fingerprint density at radius 2 is 1.70 bits per heavy atom. The van der Waals surface area contributed by atoms with E-state index in [1.165, 1.54) is 37.3 Å². The van der Waals surface area contributed by atoms with Gasteiger partial charge in [-0.2, -0.15) is 0 Å². The van der Waals surface area contributed by atoms with E-state index < -0.39 is 23.5 Å². The zero-order valence-corrected chi connectivity index (χ0v) is 14.7. The molecule has 6 heteroatoms. The summed E-state index contributed by atoms with van der Waals surface area (Å²) in [6.45, 7) is 1.40. The molecule has 1 unspecified atom stereocenters. The monoisotopic (exact) mass is 343 g/mol. The van der Waals surface area contributed by atoms with Gasteiger partial charge in [-0.05, 0) is 17.7 Å². The minimum Gasteiger partial charge on any atom is -0.550 e. The summed E-state index contributed by atoms with van der Waals surface area (Å²) in [7, 11) is 0. The van der Waals surface area contributed by atoms with Gasteiger partial charge in [0, 0.05) is 35.5 Å². The first-order valence-electron chi connectivity index (χ1n) is 6.68. The van der Waals surface area contributed by atoms with Crippen molar-refractivity contribution in [2.24, 2.45) is 5.92 Å². The Morgan fingerprint density at radius 3 is 2.22 bits per heavy atom. The van der Waals surface area contributed by atoms with Gasteiger partial charge in [0.15, 0.2) is 5.78 Å². The van der Waals surface area contributed by atoms with Crippen molar-refractivity contribution < 1.29 is 23.5 Å². The molecule has 0 aliphatic heterocycles. The third-order valence-electron chi connectivity index (χ3n) is 3.34. The van der Waals surface area contributed by atoms with Crippen LogP contribution >= 0.6 is 0 Å². The van der Waals surface area contributed by atoms with Gasteiger partial charge in [0.25, 0.3) is 0 Å². The fourth-order valence-corrected chi connectivity index (χ4v) is 2.04. The molecule has 2 aromatic carbocycles. The second-order valence-electron chi connectivity index (χ2n) is 5.05. The Morgan fingerprint density at radius 1 is 1.09 bits per heavy atom. The number of benzene rings is 2. The van der Waals surface area contributed by atoms with Gasteiger partial charge in [-0.25, -0.2) is 8.78 Å². The second kappa shape index (κ2) is 8.52. The van der Waals surface area contributed by atoms with Gasteiger partial charge >= 0.3 is 37.7 Å². The molecule has 0 spiro atoms. The molecule has 0 amide bonds. The number of rotatable bonds is 5. The van der Waals surface area contributed by atoms with E-state index in [0.29, 0.717) is 11.1 Å². The Bertz CT molecular complexity index is 714. The first-order valence-corrected chi connectivity index (χ1v) is 6.68. The molecule has 0 saturated carbocycles. The molecule has 3 nitrogen and oxygen atoms in total. The van der Waals surface area contributed by atoms with Crippen molar-refractivity contribution in [1.29, 1.82) is 0 Å². The van der Waals surface area contributed by atoms with Crippen molar-refractivity contribution >= 4 is 49.5 Å². The molecule has 23 heavy (non-hydrogen) atoms. The number of carbonyl (C=O) groups is 2. The zero-order valence-electron chi connectivity index (χ0n) is 12.5. The van der Waals surface area contributed by atoms with E-state index in [4.69, 9.17) is 0 Å². The van der Waals surface area contributed by atoms with Crippen LogP contribution in [0.1, 0.15) is 23.7 Å². The first-order chi connectivity index (χ1) is 10.4. The molecule has 114 valence electrons. The van der Waals surface area contributed by atoms with E-state index in [1.54, 1.807) is 0 Å². The van der Waals surface area contributed by atoms with Crippen LogP contribution in [0.2, 0.25) is 0 Å². The maximum absolute atomic E-state index is 13.7. The third-order valence-corrected chi connectivity index (χ3v) is 3.34. The van der Waals surface area contributed by atoms with Crippen LogP contribution in [0.4, 0.5) is 8.78 Å². The number of halogens is 2. The molecule has 0 heterocycles. The second-order valence-corrected chi connectivity index (χ2v) is 5.05. The molecule has 0 saturated heterocycles. The van der Waals surface area contributed by atoms with Crippen molar-refractivity contribution in [2.45, 2.75) is 13.3 Å². The van der Waals surface area contributed by atoms with Gasteiger partial charge in [-0.1, -0.05) is 31.2 Å². The molecule has 0 aromatic heterocycles. The molecule has 0 bridgehead atoms. The summed E-state index contributed by atoms with van der Waals surface area (Å²) >= 11 is 0. The third kappa shape index (κ3) is 5.09. The van der Waals surface area contributed by atoms with Crippen LogP contribution in [0.25, 0.3) is 11.1 Å². The number of carbonyl (C=O) groups excluding carboxylic acids is 2. The van der Waals surface area contributed by atoms with Crippen molar-refractivity contribution in [3.63, 3.8) is 0 Å². The molecule has 0 radical (unpaired) electrons. The smallest absolute Gasteiger partial charge is 0.550 e. The molecule has 1 atom stereocenters. The van der Waals surface area contributed by atoms with Gasteiger partial charge in [-0.15, -0.1) is 0 Å². The number of Topliss-reactive ketones (excluding diaryl/α,β-unsaturated/α-hetero) is 1. The average Bonchev–Trinajstić information content (AvgIpc) is 2.47. The summed E-state index contributed by atoms with van der Waals surface area (Å²) in [6.07, 6.45) is -0.160. The zero-order chi connectivity index (χ0) is 16.3. The first kappa shape index (κ1) is 19.7. The minimum absolute atomic E-state index is 0. The van der Waals surface area contributed by atoms with E-state index in [-0.39, 0.29) is 55.5 Å². The number of hydrogen-bond acceptors (Lipinski definition) is 3. The summed E-state index contributed by atoms with van der Waals surface area (Å²) in [6, 6.07) is 9.31. The van der Waals surface area contributed by atoms with E-state index in [9.17, 15) is 23.5 Å². The van der Waals surface area contributed by atoms with Crippen LogP contribution < -0.4 is 5.11 Å². The van der Waals surface area contributed by atoms with E-state index in [1.807, 2.05) is 0 Å². The van der Waals surface area contributed by atoms with Crippen LogP contribution in [0.3, 0.4) is 0 Å². The fourth-order valence-electron chi connectivity index (χ4n) is 2.04. The van der Waals surface area contributed by atoms with Gasteiger partial charge in [0.1, 0.15) is 11.6 Å². The Balaban J connectivity index is 0.00000264. The molecule has 0 aliphatic carbocycles. The summed E-state index contributed by atoms with van der Waals surface area (Å²) in [4.78, 5) is 22.5. The number of carboxylic acids is 1. The Hall–Kier alpha value is -1.30. The summed E-state index contributed by atoms with van der Waals surface area (Å²) in [5.74, 6) is -3.84. The van der Waals surface area contributed by atoms with Gasteiger partial charge in [0.05, 0.1) is 0 Å². The van der Waals surface area contributed by atoms with E-state index in [0.717, 1.165) is 12.1 Å². The molecule has 0 N–H and O–H groups in total. The summed E-state index contributed by atoms with van der Waals surface area (Å²) in [5, 5.41) is 10.6. The fraction of sp³-hybridized carbons (Fsp3) is 0.176. The van der Waals surface area contributed by atoms with Crippen LogP contribution in [0.5, 0.6) is 0 Å². The van der Waals surface area contributed by atoms with Crippen LogP contribution in [-0.2, 0) is 4.79 Å². The number of aliphatic carboxylic acids is 1. The van der Waals surface area contributed by atoms with Gasteiger partial charge in [-0.3, -0.25) is 4.79 Å². The Kier molecular flexibility index (Phi) is 7.32. The van der Waals surface area contributed by atoms with Crippen molar-refractivity contribution in [2.75, 3.05) is 0 Å². The van der Waals surface area contributed by atoms with Crippen LogP contribution in [0, 0.1) is 17.6 Å². The normalized spacial score (nSPS) is 11.4. The average molecular weight is 343 g/mol. The summed E-state index contributed by atoms with van der Waals surface area (Å²) in [5.41, 5.74) is 1.06. The molecule has 2 rings (SSSR count). The van der Waals surface area contributed by atoms with E-state index >= 15 is 0 Å². The molecule has 0 fully saturated rings. The van der Waals surface area contributed by atoms with Crippen LogP contribution in [-0.4, -0.2) is 49.5 Å². The molecular weight excluding hydrogens is 330 g/mol. The SMILES string of the molecule is CC(CC(=O)c1ccc(-c2ccc(F)cc2F)cc1)C(=O)[O-].[Ca+2]. The van der Waals surface area contributed by atoms with Crippen molar-refractivity contribution in [3.05, 3.63) is 59.7 Å². The van der Waals surface area contributed by atoms with Crippen molar-refractivity contribution in [3.8, 4) is 11.1 Å². The van der Waals surface area contributed by atoms with E-state index in [2.05, 4.69) is 0 Å². The summed E-state index contributed by atoms with van der Waals surface area (Å²) < 4.78 is 26.6. The predicted octanol–water partition coefficient (Wildman–Crippen LogP) is 2.21. The van der Waals surface area contributed by atoms with Gasteiger partial charge in [0.2, 0.25) is 0 Å². The maximum atomic E-state index is 13.7. The quantitative estimate of drug-likeness (QED) is 0.618. The maximum Gasteiger partial charge on any atom is 2.00 e. The predicted molar refractivity (Wildman–Crippen MR) is 80.7 cm³/mol. The standard InChI is InChI=1S/C17H14F2O3.Ca/c1-10(17(21)22)8-16(20)12-4-2-11(3-5-12)14-7-6-13(18)9-15(14)19;/h2-7,9-10H,8H2,1H3,(H,21,22);/q;+2/p-1. The molecule has 2 aromatic rings. The Labute approximate surface area is 162 Å². The number of ketones is 1. The molecule has 0 aliphatic rings. The van der Waals surface area contributed by atoms with Crippen molar-refractivity contribution in [1.82, 2.24) is 0 Å². The minimum atomic E-state index is -1.28. The molecular formula is C17H13CaF2O3+. The number of carboxylic acid groups (broad SMARTS) is 1. The number of hydrogen-bond donors (Lipinski definition) is 0. The topological polar surface area (TPSA) is 57.2 Å². The largest absolute Gasteiger partial charge is 2.00 e.